The van der Waals surface area contributed by atoms with Crippen molar-refractivity contribution in [3.63, 3.8) is 0 Å². The minimum absolute atomic E-state index is 0.0474. The second-order valence-corrected chi connectivity index (χ2v) is 9.45. The third-order valence-corrected chi connectivity index (χ3v) is 7.33. The quantitative estimate of drug-likeness (QED) is 0.746. The largest absolute Gasteiger partial charge is 0.507 e. The van der Waals surface area contributed by atoms with E-state index in [0.29, 0.717) is 5.69 Å². The van der Waals surface area contributed by atoms with Gasteiger partial charge in [-0.05, 0) is 60.6 Å². The van der Waals surface area contributed by atoms with Crippen molar-refractivity contribution in [3.05, 3.63) is 53.1 Å². The zero-order valence-electron chi connectivity index (χ0n) is 17.2. The molecule has 0 saturated carbocycles. The van der Waals surface area contributed by atoms with Gasteiger partial charge in [0.2, 0.25) is 0 Å². The summed E-state index contributed by atoms with van der Waals surface area (Å²) in [5.74, 6) is -0.990. The zero-order chi connectivity index (χ0) is 21.3. The van der Waals surface area contributed by atoms with E-state index in [0.717, 1.165) is 24.8 Å². The highest BCUT2D eigenvalue weighted by Crippen LogP contribution is 2.39. The predicted molar refractivity (Wildman–Crippen MR) is 112 cm³/mol. The molecule has 0 aliphatic carbocycles. The molecule has 1 aliphatic heterocycles. The van der Waals surface area contributed by atoms with Crippen molar-refractivity contribution in [2.24, 2.45) is 5.92 Å². The Morgan fingerprint density at radius 3 is 2.59 bits per heavy atom. The van der Waals surface area contributed by atoms with Gasteiger partial charge in [-0.2, -0.15) is 0 Å². The van der Waals surface area contributed by atoms with Crippen molar-refractivity contribution in [2.75, 3.05) is 11.4 Å². The molecule has 3 rings (SSSR count). The monoisotopic (exact) mass is 417 g/mol. The molecule has 0 radical (unpaired) electrons. The Hall–Kier alpha value is -2.54. The number of hydrogen-bond acceptors (Lipinski definition) is 5. The molecule has 1 aliphatic rings. The van der Waals surface area contributed by atoms with E-state index in [-0.39, 0.29) is 28.2 Å². The summed E-state index contributed by atoms with van der Waals surface area (Å²) in [5.41, 5.74) is 2.69. The van der Waals surface area contributed by atoms with E-state index in [4.69, 9.17) is 0 Å². The van der Waals surface area contributed by atoms with E-state index >= 15 is 0 Å². The van der Waals surface area contributed by atoms with E-state index in [9.17, 15) is 18.3 Å². The predicted octanol–water partition coefficient (Wildman–Crippen LogP) is 3.91. The summed E-state index contributed by atoms with van der Waals surface area (Å²) < 4.78 is 33.5. The van der Waals surface area contributed by atoms with Gasteiger partial charge in [-0.1, -0.05) is 32.9 Å². The summed E-state index contributed by atoms with van der Waals surface area (Å²) >= 11 is 0. The third-order valence-electron chi connectivity index (χ3n) is 5.50. The molecule has 0 fully saturated rings. The van der Waals surface area contributed by atoms with Gasteiger partial charge in [0.05, 0.1) is 17.7 Å². The Morgan fingerprint density at radius 1 is 1.24 bits per heavy atom. The van der Waals surface area contributed by atoms with Crippen LogP contribution >= 0.6 is 0 Å². The number of benzene rings is 2. The fourth-order valence-electron chi connectivity index (χ4n) is 3.85. The van der Waals surface area contributed by atoms with Crippen LogP contribution in [0.3, 0.4) is 0 Å². The number of phenolic OH excluding ortho intramolecular Hbond substituents is 1. The van der Waals surface area contributed by atoms with Crippen molar-refractivity contribution in [1.29, 1.82) is 0 Å². The molecule has 29 heavy (non-hydrogen) atoms. The van der Waals surface area contributed by atoms with E-state index in [1.165, 1.54) is 35.2 Å². The lowest BCUT2D eigenvalue weighted by Gasteiger charge is -2.40. The molecule has 0 amide bonds. The molecule has 1 unspecified atom stereocenters. The smallest absolute Gasteiger partial charge is 0.341 e. The highest BCUT2D eigenvalue weighted by atomic mass is 32.2. The highest BCUT2D eigenvalue weighted by molar-refractivity contribution is 7.92. The molecule has 0 aromatic heterocycles. The van der Waals surface area contributed by atoms with Gasteiger partial charge in [0.1, 0.15) is 11.3 Å². The minimum atomic E-state index is -3.96. The van der Waals surface area contributed by atoms with Crippen molar-refractivity contribution in [1.82, 2.24) is 0 Å². The summed E-state index contributed by atoms with van der Waals surface area (Å²) in [6, 6.07) is 9.43. The number of esters is 1. The molecule has 156 valence electrons. The number of phenols is 1. The van der Waals surface area contributed by atoms with Crippen molar-refractivity contribution >= 4 is 21.7 Å². The molecule has 0 spiro atoms. The molecular weight excluding hydrogens is 390 g/mol. The second-order valence-electron chi connectivity index (χ2n) is 7.64. The Kier molecular flexibility index (Phi) is 5.89. The van der Waals surface area contributed by atoms with Crippen LogP contribution in [0, 0.1) is 5.92 Å². The van der Waals surface area contributed by atoms with Crippen molar-refractivity contribution in [3.8, 4) is 5.75 Å². The number of nitrogens with zero attached hydrogens (tertiary/aromatic N) is 1. The Labute approximate surface area is 172 Å². The lowest BCUT2D eigenvalue weighted by atomic mass is 9.90. The number of carbonyl (C=O) groups excluding carboxylic acids is 1. The number of carbonyl (C=O) groups is 1. The third kappa shape index (κ3) is 3.83. The molecule has 2 aromatic rings. The number of methoxy groups -OCH3 is 1. The number of anilines is 1. The number of ether oxygens (including phenoxy) is 1. The van der Waals surface area contributed by atoms with Crippen molar-refractivity contribution < 1.29 is 23.1 Å². The molecule has 1 heterocycles. The molecule has 0 bridgehead atoms. The van der Waals surface area contributed by atoms with Crippen LogP contribution in [0.5, 0.6) is 5.75 Å². The molecule has 7 heteroatoms. The highest BCUT2D eigenvalue weighted by Gasteiger charge is 2.38. The lowest BCUT2D eigenvalue weighted by molar-refractivity contribution is 0.0597. The molecule has 1 N–H and O–H groups in total. The van der Waals surface area contributed by atoms with E-state index in [1.54, 1.807) is 0 Å². The summed E-state index contributed by atoms with van der Waals surface area (Å²) in [7, 11) is -2.77. The van der Waals surface area contributed by atoms with E-state index in [2.05, 4.69) is 17.7 Å². The zero-order valence-corrected chi connectivity index (χ0v) is 18.0. The number of hydrogen-bond donors (Lipinski definition) is 1. The average molecular weight is 418 g/mol. The van der Waals surface area contributed by atoms with Crippen LogP contribution in [0.25, 0.3) is 0 Å². The minimum Gasteiger partial charge on any atom is -0.507 e. The topological polar surface area (TPSA) is 83.9 Å². The van der Waals surface area contributed by atoms with Gasteiger partial charge in [-0.25, -0.2) is 13.2 Å². The molecule has 6 nitrogen and oxygen atoms in total. The molecule has 2 aromatic carbocycles. The maximum atomic E-state index is 13.7. The first kappa shape index (κ1) is 21.2. The van der Waals surface area contributed by atoms with E-state index < -0.39 is 16.0 Å². The van der Waals surface area contributed by atoms with Crippen molar-refractivity contribution in [2.45, 2.75) is 51.0 Å². The first-order chi connectivity index (χ1) is 13.7. The summed E-state index contributed by atoms with van der Waals surface area (Å²) in [5, 5.41) is 9.96. The van der Waals surface area contributed by atoms with Crippen LogP contribution in [0.1, 0.15) is 48.7 Å². The molecular formula is C22H27NO5S. The van der Waals surface area contributed by atoms with E-state index in [1.807, 2.05) is 26.0 Å². The van der Waals surface area contributed by atoms with Gasteiger partial charge >= 0.3 is 5.97 Å². The summed E-state index contributed by atoms with van der Waals surface area (Å²) in [4.78, 5) is 11.9. The van der Waals surface area contributed by atoms with Gasteiger partial charge in [-0.3, -0.25) is 4.31 Å². The van der Waals surface area contributed by atoms with Gasteiger partial charge in [0.15, 0.2) is 0 Å². The Balaban J connectivity index is 2.17. The fraction of sp³-hybridized carbons (Fsp3) is 0.409. The lowest BCUT2D eigenvalue weighted by Crippen LogP contribution is -2.46. The van der Waals surface area contributed by atoms with Crippen LogP contribution in [-0.4, -0.2) is 32.6 Å². The number of aryl methyl sites for hydroxylation is 2. The normalized spacial score (nSPS) is 16.6. The first-order valence-corrected chi connectivity index (χ1v) is 11.2. The van der Waals surface area contributed by atoms with Gasteiger partial charge < -0.3 is 9.84 Å². The average Bonchev–Trinajstić information content (AvgIpc) is 2.71. The SMILES string of the molecule is CCc1ccc2c(c1)CCC(C(C)C)N2S(=O)(=O)c1ccc(O)c(C(=O)OC)c1. The number of fused-ring (bicyclic) bond motifs is 1. The van der Waals surface area contributed by atoms with Gasteiger partial charge in [0.25, 0.3) is 10.0 Å². The number of aromatic hydroxyl groups is 1. The van der Waals surface area contributed by atoms with Crippen LogP contribution in [-0.2, 0) is 27.6 Å². The van der Waals surface area contributed by atoms with Crippen LogP contribution in [0.4, 0.5) is 5.69 Å². The standard InChI is InChI=1S/C22H27NO5S/c1-5-15-6-9-20-16(12-15)7-10-19(14(2)3)23(20)29(26,27)17-8-11-21(24)18(13-17)22(25)28-4/h6,8-9,11-14,19,24H,5,7,10H2,1-4H3. The Bertz CT molecular complexity index is 1030. The van der Waals surface area contributed by atoms with Gasteiger partial charge in [0, 0.05) is 6.04 Å². The maximum Gasteiger partial charge on any atom is 0.341 e. The number of rotatable bonds is 5. The van der Waals surface area contributed by atoms with Gasteiger partial charge in [-0.15, -0.1) is 0 Å². The summed E-state index contributed by atoms with van der Waals surface area (Å²) in [6.07, 6.45) is 2.42. The molecule has 0 saturated heterocycles. The fourth-order valence-corrected chi connectivity index (χ4v) is 5.72. The molecule has 1 atom stereocenters. The van der Waals surface area contributed by atoms with Crippen LogP contribution < -0.4 is 4.31 Å². The maximum absolute atomic E-state index is 13.7. The van der Waals surface area contributed by atoms with Crippen LogP contribution in [0.2, 0.25) is 0 Å². The second kappa shape index (κ2) is 8.06. The summed E-state index contributed by atoms with van der Waals surface area (Å²) in [6.45, 7) is 6.09. The van der Waals surface area contributed by atoms with Crippen LogP contribution in [0.15, 0.2) is 41.3 Å². The number of sulfonamides is 1. The first-order valence-electron chi connectivity index (χ1n) is 9.78. The Morgan fingerprint density at radius 2 is 1.97 bits per heavy atom.